The average Bonchev–Trinajstić information content (AvgIpc) is 3.31. The minimum atomic E-state index is 0.601. The first-order valence-corrected chi connectivity index (χ1v) is 7.11. The van der Waals surface area contributed by atoms with Crippen LogP contribution in [0.2, 0.25) is 0 Å². The molecule has 0 bridgehead atoms. The third kappa shape index (κ3) is 4.03. The van der Waals surface area contributed by atoms with Crippen LogP contribution in [-0.2, 0) is 13.0 Å². The highest BCUT2D eigenvalue weighted by Crippen LogP contribution is 2.19. The number of hydrogen-bond acceptors (Lipinski definition) is 4. The van der Waals surface area contributed by atoms with Crippen LogP contribution in [0.1, 0.15) is 24.1 Å². The van der Waals surface area contributed by atoms with E-state index in [2.05, 4.69) is 15.3 Å². The highest BCUT2D eigenvalue weighted by Gasteiger charge is 2.19. The maximum Gasteiger partial charge on any atom is 0.213 e. The van der Waals surface area contributed by atoms with Crippen molar-refractivity contribution in [3.63, 3.8) is 0 Å². The van der Waals surface area contributed by atoms with E-state index < -0.39 is 0 Å². The highest BCUT2D eigenvalue weighted by molar-refractivity contribution is 5.20. The molecule has 104 valence electrons. The first kappa shape index (κ1) is 13.1. The van der Waals surface area contributed by atoms with Crippen LogP contribution in [0.4, 0.5) is 0 Å². The molecule has 0 saturated heterocycles. The summed E-state index contributed by atoms with van der Waals surface area (Å²) in [6.45, 7) is 1.49. The Morgan fingerprint density at radius 2 is 2.10 bits per heavy atom. The second kappa shape index (κ2) is 6.48. The zero-order valence-electron chi connectivity index (χ0n) is 11.5. The molecule has 2 aromatic heterocycles. The van der Waals surface area contributed by atoms with Gasteiger partial charge in [-0.1, -0.05) is 6.07 Å². The normalized spacial score (nSPS) is 14.2. The average molecular weight is 269 g/mol. The first-order valence-electron chi connectivity index (χ1n) is 7.11. The Bertz CT molecular complexity index is 540. The second-order valence-corrected chi connectivity index (χ2v) is 5.08. The largest absolute Gasteiger partial charge is 0.477 e. The summed E-state index contributed by atoms with van der Waals surface area (Å²) >= 11 is 0. The third-order valence-corrected chi connectivity index (χ3v) is 3.31. The van der Waals surface area contributed by atoms with E-state index in [1.54, 1.807) is 12.4 Å². The molecule has 0 radical (unpaired) electrons. The number of rotatable bonds is 7. The molecule has 4 nitrogen and oxygen atoms in total. The lowest BCUT2D eigenvalue weighted by molar-refractivity contribution is 0.308. The number of ether oxygens (including phenoxy) is 1. The quantitative estimate of drug-likeness (QED) is 0.838. The Labute approximate surface area is 119 Å². The molecule has 3 rings (SSSR count). The van der Waals surface area contributed by atoms with Gasteiger partial charge in [0.2, 0.25) is 5.88 Å². The van der Waals surface area contributed by atoms with E-state index in [1.807, 2.05) is 30.3 Å². The number of aromatic nitrogens is 2. The van der Waals surface area contributed by atoms with Crippen molar-refractivity contribution in [2.75, 3.05) is 6.61 Å². The van der Waals surface area contributed by atoms with Gasteiger partial charge in [-0.15, -0.1) is 0 Å². The van der Waals surface area contributed by atoms with Gasteiger partial charge in [0, 0.05) is 43.2 Å². The summed E-state index contributed by atoms with van der Waals surface area (Å²) < 4.78 is 5.69. The van der Waals surface area contributed by atoms with Crippen molar-refractivity contribution in [1.29, 1.82) is 0 Å². The predicted molar refractivity (Wildman–Crippen MR) is 77.5 cm³/mol. The summed E-state index contributed by atoms with van der Waals surface area (Å²) in [6.07, 6.45) is 7.02. The maximum absolute atomic E-state index is 5.69. The summed E-state index contributed by atoms with van der Waals surface area (Å²) in [5, 5.41) is 3.49. The molecule has 0 spiro atoms. The fourth-order valence-electron chi connectivity index (χ4n) is 2.00. The zero-order valence-corrected chi connectivity index (χ0v) is 11.5. The van der Waals surface area contributed by atoms with Crippen LogP contribution < -0.4 is 10.1 Å². The molecule has 1 fully saturated rings. The SMILES string of the molecule is c1ccc(CCOc2cc(CNC3CC3)ccn2)nc1. The van der Waals surface area contributed by atoms with Crippen molar-refractivity contribution in [1.82, 2.24) is 15.3 Å². The van der Waals surface area contributed by atoms with E-state index in [9.17, 15) is 0 Å². The van der Waals surface area contributed by atoms with E-state index in [0.29, 0.717) is 12.5 Å². The van der Waals surface area contributed by atoms with E-state index in [-0.39, 0.29) is 0 Å². The molecule has 0 amide bonds. The van der Waals surface area contributed by atoms with E-state index in [4.69, 9.17) is 4.74 Å². The fourth-order valence-corrected chi connectivity index (χ4v) is 2.00. The fraction of sp³-hybridized carbons (Fsp3) is 0.375. The number of pyridine rings is 2. The van der Waals surface area contributed by atoms with E-state index in [1.165, 1.54) is 18.4 Å². The predicted octanol–water partition coefficient (Wildman–Crippen LogP) is 2.35. The molecule has 4 heteroatoms. The van der Waals surface area contributed by atoms with Crippen molar-refractivity contribution in [2.24, 2.45) is 0 Å². The molecule has 2 heterocycles. The van der Waals surface area contributed by atoms with Crippen molar-refractivity contribution < 1.29 is 4.74 Å². The lowest BCUT2D eigenvalue weighted by Gasteiger charge is -2.07. The van der Waals surface area contributed by atoms with Gasteiger partial charge in [0.15, 0.2) is 0 Å². The standard InChI is InChI=1S/C16H19N3O/c1-2-8-17-14(3-1)7-10-20-16-11-13(6-9-18-16)12-19-15-4-5-15/h1-3,6,8-9,11,15,19H,4-5,7,10,12H2. The van der Waals surface area contributed by atoms with Gasteiger partial charge in [-0.05, 0) is 36.6 Å². The summed E-state index contributed by atoms with van der Waals surface area (Å²) in [5.41, 5.74) is 2.26. The van der Waals surface area contributed by atoms with Gasteiger partial charge < -0.3 is 10.1 Å². The monoisotopic (exact) mass is 269 g/mol. The molecule has 0 aromatic carbocycles. The summed E-state index contributed by atoms with van der Waals surface area (Å²) in [6, 6.07) is 10.7. The van der Waals surface area contributed by atoms with Crippen LogP contribution >= 0.6 is 0 Å². The van der Waals surface area contributed by atoms with Gasteiger partial charge in [-0.25, -0.2) is 4.98 Å². The first-order chi connectivity index (χ1) is 9.90. The smallest absolute Gasteiger partial charge is 0.213 e. The van der Waals surface area contributed by atoms with Crippen LogP contribution in [-0.4, -0.2) is 22.6 Å². The van der Waals surface area contributed by atoms with Gasteiger partial charge in [-0.3, -0.25) is 4.98 Å². The van der Waals surface area contributed by atoms with E-state index in [0.717, 1.165) is 24.7 Å². The van der Waals surface area contributed by atoms with Crippen molar-refractivity contribution in [3.05, 3.63) is 54.0 Å². The number of nitrogens with one attached hydrogen (secondary N) is 1. The van der Waals surface area contributed by atoms with Crippen LogP contribution in [0.3, 0.4) is 0 Å². The molecule has 0 atom stereocenters. The third-order valence-electron chi connectivity index (χ3n) is 3.31. The lowest BCUT2D eigenvalue weighted by Crippen LogP contribution is -2.15. The zero-order chi connectivity index (χ0) is 13.6. The molecular formula is C16H19N3O. The van der Waals surface area contributed by atoms with Crippen LogP contribution in [0.15, 0.2) is 42.7 Å². The Hall–Kier alpha value is -1.94. The van der Waals surface area contributed by atoms with Crippen LogP contribution in [0.25, 0.3) is 0 Å². The van der Waals surface area contributed by atoms with E-state index >= 15 is 0 Å². The van der Waals surface area contributed by atoms with Gasteiger partial charge in [0.05, 0.1) is 6.61 Å². The summed E-state index contributed by atoms with van der Waals surface area (Å²) in [5.74, 6) is 0.691. The number of nitrogens with zero attached hydrogens (tertiary/aromatic N) is 2. The minimum absolute atomic E-state index is 0.601. The molecule has 2 aromatic rings. The summed E-state index contributed by atoms with van der Waals surface area (Å²) in [4.78, 5) is 8.52. The Morgan fingerprint density at radius 1 is 1.15 bits per heavy atom. The molecular weight excluding hydrogens is 250 g/mol. The Morgan fingerprint density at radius 3 is 2.90 bits per heavy atom. The molecule has 20 heavy (non-hydrogen) atoms. The van der Waals surface area contributed by atoms with Crippen LogP contribution in [0, 0.1) is 0 Å². The van der Waals surface area contributed by atoms with Gasteiger partial charge in [0.1, 0.15) is 0 Å². The number of hydrogen-bond donors (Lipinski definition) is 1. The Kier molecular flexibility index (Phi) is 4.23. The van der Waals surface area contributed by atoms with Crippen molar-refractivity contribution >= 4 is 0 Å². The van der Waals surface area contributed by atoms with Gasteiger partial charge in [0.25, 0.3) is 0 Å². The molecule has 0 aliphatic heterocycles. The second-order valence-electron chi connectivity index (χ2n) is 5.08. The summed E-state index contributed by atoms with van der Waals surface area (Å²) in [7, 11) is 0. The van der Waals surface area contributed by atoms with Crippen LogP contribution in [0.5, 0.6) is 5.88 Å². The molecule has 1 N–H and O–H groups in total. The lowest BCUT2D eigenvalue weighted by atomic mass is 10.2. The topological polar surface area (TPSA) is 47.0 Å². The maximum atomic E-state index is 5.69. The highest BCUT2D eigenvalue weighted by atomic mass is 16.5. The van der Waals surface area contributed by atoms with Crippen molar-refractivity contribution in [2.45, 2.75) is 31.8 Å². The van der Waals surface area contributed by atoms with Crippen molar-refractivity contribution in [3.8, 4) is 5.88 Å². The minimum Gasteiger partial charge on any atom is -0.477 e. The Balaban J connectivity index is 1.47. The molecule has 0 unspecified atom stereocenters. The van der Waals surface area contributed by atoms with Gasteiger partial charge in [-0.2, -0.15) is 0 Å². The molecule has 1 saturated carbocycles. The molecule has 1 aliphatic rings. The van der Waals surface area contributed by atoms with Gasteiger partial charge >= 0.3 is 0 Å². The molecule has 1 aliphatic carbocycles.